The monoisotopic (exact) mass is 566 g/mol. The molecule has 0 bridgehead atoms. The molecule has 0 aromatic heterocycles. The molecule has 0 heterocycles. The quantitative estimate of drug-likeness (QED) is 0.170. The van der Waals surface area contributed by atoms with Crippen molar-refractivity contribution in [2.75, 3.05) is 0 Å². The molecule has 0 radical (unpaired) electrons. The van der Waals surface area contributed by atoms with Gasteiger partial charge in [-0.1, -0.05) is 46.4 Å². The van der Waals surface area contributed by atoms with Crippen LogP contribution in [-0.2, 0) is 0 Å². The Labute approximate surface area is 224 Å². The zero-order valence-corrected chi connectivity index (χ0v) is 21.0. The van der Waals surface area contributed by atoms with Crippen molar-refractivity contribution in [3.63, 3.8) is 0 Å². The zero-order chi connectivity index (χ0) is 26.2. The zero-order valence-electron chi connectivity index (χ0n) is 17.9. The first-order valence-electron chi connectivity index (χ1n) is 9.87. The number of hydrogen-bond acceptors (Lipinski definition) is 6. The maximum atomic E-state index is 10.5. The summed E-state index contributed by atoms with van der Waals surface area (Å²) in [4.78, 5) is 20.0. The van der Waals surface area contributed by atoms with Gasteiger partial charge in [0.2, 0.25) is 0 Å². The molecule has 0 N–H and O–H groups in total. The molecular formula is C24H14Cl4N2O6. The normalized spacial score (nSPS) is 10.1. The number of nitro benzene ring substituents is 2. The molecule has 0 spiro atoms. The van der Waals surface area contributed by atoms with Gasteiger partial charge < -0.3 is 9.47 Å². The molecule has 0 aliphatic carbocycles. The molecule has 0 atom stereocenters. The molecule has 0 fully saturated rings. The van der Waals surface area contributed by atoms with Crippen LogP contribution in [0, 0.1) is 20.2 Å². The van der Waals surface area contributed by atoms with Gasteiger partial charge in [0, 0.05) is 34.3 Å². The fraction of sp³-hybridized carbons (Fsp3) is 0. The van der Waals surface area contributed by atoms with E-state index in [0.717, 1.165) is 0 Å². The molecule has 0 saturated heterocycles. The molecule has 4 aromatic rings. The fourth-order valence-electron chi connectivity index (χ4n) is 2.64. The van der Waals surface area contributed by atoms with Crippen LogP contribution in [0.25, 0.3) is 0 Å². The lowest BCUT2D eigenvalue weighted by atomic mass is 10.3. The number of ether oxygens (including phenoxy) is 2. The van der Waals surface area contributed by atoms with E-state index in [0.29, 0.717) is 43.1 Å². The Balaban J connectivity index is 0.000000201. The van der Waals surface area contributed by atoms with E-state index in [2.05, 4.69) is 0 Å². The highest BCUT2D eigenvalue weighted by molar-refractivity contribution is 6.36. The number of benzene rings is 4. The molecule has 0 aliphatic heterocycles. The Morgan fingerprint density at radius 2 is 0.861 bits per heavy atom. The van der Waals surface area contributed by atoms with E-state index in [-0.39, 0.29) is 11.4 Å². The van der Waals surface area contributed by atoms with Crippen molar-refractivity contribution in [2.45, 2.75) is 0 Å². The van der Waals surface area contributed by atoms with Gasteiger partial charge in [0.1, 0.15) is 23.0 Å². The molecule has 0 unspecified atom stereocenters. The summed E-state index contributed by atoms with van der Waals surface area (Å²) in [7, 11) is 0. The predicted octanol–water partition coefficient (Wildman–Crippen LogP) is 9.39. The Morgan fingerprint density at radius 1 is 0.528 bits per heavy atom. The Bertz CT molecular complexity index is 1280. The van der Waals surface area contributed by atoms with E-state index in [4.69, 9.17) is 55.9 Å². The van der Waals surface area contributed by atoms with Crippen LogP contribution < -0.4 is 9.47 Å². The predicted molar refractivity (Wildman–Crippen MR) is 139 cm³/mol. The van der Waals surface area contributed by atoms with E-state index >= 15 is 0 Å². The van der Waals surface area contributed by atoms with E-state index < -0.39 is 9.85 Å². The van der Waals surface area contributed by atoms with Crippen LogP contribution in [0.3, 0.4) is 0 Å². The van der Waals surface area contributed by atoms with Gasteiger partial charge >= 0.3 is 0 Å². The molecule has 8 nitrogen and oxygen atoms in total. The van der Waals surface area contributed by atoms with Crippen molar-refractivity contribution >= 4 is 57.8 Å². The van der Waals surface area contributed by atoms with Gasteiger partial charge in [-0.2, -0.15) is 0 Å². The minimum Gasteiger partial charge on any atom is -0.456 e. The first-order valence-corrected chi connectivity index (χ1v) is 11.4. The van der Waals surface area contributed by atoms with Crippen LogP contribution in [0.2, 0.25) is 20.1 Å². The third-order valence-electron chi connectivity index (χ3n) is 4.34. The van der Waals surface area contributed by atoms with Gasteiger partial charge in [-0.15, -0.1) is 0 Å². The average molecular weight is 568 g/mol. The Morgan fingerprint density at radius 3 is 1.14 bits per heavy atom. The third kappa shape index (κ3) is 7.73. The van der Waals surface area contributed by atoms with Crippen LogP contribution >= 0.6 is 46.4 Å². The summed E-state index contributed by atoms with van der Waals surface area (Å²) < 4.78 is 11.0. The molecule has 0 amide bonds. The van der Waals surface area contributed by atoms with Crippen molar-refractivity contribution in [3.8, 4) is 23.0 Å². The number of nitrogens with zero attached hydrogens (tertiary/aromatic N) is 2. The molecule has 4 rings (SSSR count). The molecule has 0 saturated carbocycles. The number of rotatable bonds is 6. The number of non-ortho nitro benzene ring substituents is 2. The summed E-state index contributed by atoms with van der Waals surface area (Å²) in [5.41, 5.74) is 0.00843. The number of halogens is 4. The lowest BCUT2D eigenvalue weighted by Crippen LogP contribution is -1.88. The summed E-state index contributed by atoms with van der Waals surface area (Å²) in [6, 6.07) is 21.1. The summed E-state index contributed by atoms with van der Waals surface area (Å²) in [6.07, 6.45) is 0. The lowest BCUT2D eigenvalue weighted by Gasteiger charge is -2.07. The highest BCUT2D eigenvalue weighted by Crippen LogP contribution is 2.33. The standard InChI is InChI=1S/2C12H7Cl2NO3/c2*13-8-1-6-12(11(14)7-8)18-10-4-2-9(3-5-10)15(16)17/h2*1-7H. The fourth-order valence-corrected chi connectivity index (χ4v) is 3.54. The minimum absolute atomic E-state index is 0.00422. The SMILES string of the molecule is O=[N+]([O-])c1ccc(Oc2ccc(Cl)cc2Cl)cc1.O=[N+]([O-])c1ccc(Oc2ccc(Cl)cc2Cl)cc1. The highest BCUT2D eigenvalue weighted by Gasteiger charge is 2.08. The van der Waals surface area contributed by atoms with E-state index in [9.17, 15) is 20.2 Å². The topological polar surface area (TPSA) is 105 Å². The van der Waals surface area contributed by atoms with Crippen molar-refractivity contribution in [3.05, 3.63) is 125 Å². The van der Waals surface area contributed by atoms with Gasteiger partial charge in [0.05, 0.1) is 19.9 Å². The first-order chi connectivity index (χ1) is 17.1. The number of hydrogen-bond donors (Lipinski definition) is 0. The lowest BCUT2D eigenvalue weighted by molar-refractivity contribution is -0.385. The molecule has 4 aromatic carbocycles. The maximum absolute atomic E-state index is 10.5. The smallest absolute Gasteiger partial charge is 0.269 e. The molecule has 36 heavy (non-hydrogen) atoms. The van der Waals surface area contributed by atoms with Crippen molar-refractivity contribution < 1.29 is 19.3 Å². The maximum Gasteiger partial charge on any atom is 0.269 e. The summed E-state index contributed by atoms with van der Waals surface area (Å²) in [5.74, 6) is 1.81. The second-order valence-corrected chi connectivity index (χ2v) is 8.54. The van der Waals surface area contributed by atoms with E-state index in [1.807, 2.05) is 0 Å². The van der Waals surface area contributed by atoms with Gasteiger partial charge in [-0.05, 0) is 60.7 Å². The first kappa shape index (κ1) is 27.0. The van der Waals surface area contributed by atoms with Gasteiger partial charge in [-0.3, -0.25) is 20.2 Å². The Hall–Kier alpha value is -3.56. The van der Waals surface area contributed by atoms with Crippen LogP contribution in [-0.4, -0.2) is 9.85 Å². The minimum atomic E-state index is -0.473. The van der Waals surface area contributed by atoms with Gasteiger partial charge in [0.25, 0.3) is 11.4 Å². The van der Waals surface area contributed by atoms with Crippen molar-refractivity contribution in [1.82, 2.24) is 0 Å². The second kappa shape index (κ2) is 12.4. The Kier molecular flexibility index (Phi) is 9.32. The molecular weight excluding hydrogens is 554 g/mol. The summed E-state index contributed by atoms with van der Waals surface area (Å²) in [5, 5.41) is 22.8. The molecule has 184 valence electrons. The summed E-state index contributed by atoms with van der Waals surface area (Å²) >= 11 is 23.4. The second-order valence-electron chi connectivity index (χ2n) is 6.86. The molecule has 0 aliphatic rings. The largest absolute Gasteiger partial charge is 0.456 e. The van der Waals surface area contributed by atoms with Crippen LogP contribution in [0.5, 0.6) is 23.0 Å². The van der Waals surface area contributed by atoms with E-state index in [1.165, 1.54) is 48.5 Å². The highest BCUT2D eigenvalue weighted by atomic mass is 35.5. The van der Waals surface area contributed by atoms with Crippen LogP contribution in [0.4, 0.5) is 11.4 Å². The van der Waals surface area contributed by atoms with Crippen LogP contribution in [0.1, 0.15) is 0 Å². The van der Waals surface area contributed by atoms with Gasteiger partial charge in [0.15, 0.2) is 0 Å². The average Bonchev–Trinajstić information content (AvgIpc) is 2.84. The van der Waals surface area contributed by atoms with Crippen LogP contribution in [0.15, 0.2) is 84.9 Å². The van der Waals surface area contributed by atoms with Crippen molar-refractivity contribution in [2.24, 2.45) is 0 Å². The number of nitro groups is 2. The molecule has 12 heteroatoms. The van der Waals surface area contributed by atoms with E-state index in [1.54, 1.807) is 36.4 Å². The third-order valence-corrected chi connectivity index (χ3v) is 5.40. The van der Waals surface area contributed by atoms with Gasteiger partial charge in [-0.25, -0.2) is 0 Å². The summed E-state index contributed by atoms with van der Waals surface area (Å²) in [6.45, 7) is 0. The van der Waals surface area contributed by atoms with Crippen molar-refractivity contribution in [1.29, 1.82) is 0 Å².